The number of benzene rings is 1. The summed E-state index contributed by atoms with van der Waals surface area (Å²) in [6.45, 7) is 3.76. The molecule has 18 heavy (non-hydrogen) atoms. The van der Waals surface area contributed by atoms with E-state index in [4.69, 9.17) is 0 Å². The minimum absolute atomic E-state index is 0.213. The monoisotopic (exact) mass is 248 g/mol. The molecule has 1 aromatic carbocycles. The van der Waals surface area contributed by atoms with Gasteiger partial charge in [0.05, 0.1) is 0 Å². The third-order valence-electron chi connectivity index (χ3n) is 3.18. The zero-order valence-corrected chi connectivity index (χ0v) is 11.7. The standard InChI is InChI=1S/C15H24N2O/c1-4-13-5-7-14(8-6-13)9-10-15(18)17(3)12-11-16-2/h5-8,16H,4,9-12H2,1-3H3. The van der Waals surface area contributed by atoms with E-state index in [0.717, 1.165) is 25.9 Å². The van der Waals surface area contributed by atoms with Crippen LogP contribution < -0.4 is 5.32 Å². The Bertz CT molecular complexity index is 359. The topological polar surface area (TPSA) is 32.3 Å². The molecule has 0 heterocycles. The Labute approximate surface area is 110 Å². The predicted molar refractivity (Wildman–Crippen MR) is 75.7 cm³/mol. The van der Waals surface area contributed by atoms with Gasteiger partial charge in [0.25, 0.3) is 0 Å². The number of amides is 1. The molecule has 1 N–H and O–H groups in total. The first-order chi connectivity index (χ1) is 8.67. The lowest BCUT2D eigenvalue weighted by molar-refractivity contribution is -0.129. The van der Waals surface area contributed by atoms with E-state index in [9.17, 15) is 4.79 Å². The second-order valence-electron chi connectivity index (χ2n) is 4.59. The molecule has 0 saturated heterocycles. The van der Waals surface area contributed by atoms with Crippen LogP contribution in [0.5, 0.6) is 0 Å². The van der Waals surface area contributed by atoms with Crippen LogP contribution in [0.25, 0.3) is 0 Å². The second-order valence-corrected chi connectivity index (χ2v) is 4.59. The van der Waals surface area contributed by atoms with E-state index in [-0.39, 0.29) is 5.91 Å². The van der Waals surface area contributed by atoms with E-state index in [1.165, 1.54) is 11.1 Å². The van der Waals surface area contributed by atoms with Crippen LogP contribution in [0.1, 0.15) is 24.5 Å². The summed E-state index contributed by atoms with van der Waals surface area (Å²) < 4.78 is 0. The first-order valence-corrected chi connectivity index (χ1v) is 6.63. The first-order valence-electron chi connectivity index (χ1n) is 6.63. The highest BCUT2D eigenvalue weighted by Crippen LogP contribution is 2.08. The molecule has 0 saturated carbocycles. The van der Waals surface area contributed by atoms with Gasteiger partial charge in [-0.05, 0) is 31.0 Å². The third-order valence-corrected chi connectivity index (χ3v) is 3.18. The SMILES string of the molecule is CCc1ccc(CCC(=O)N(C)CCNC)cc1. The van der Waals surface area contributed by atoms with Gasteiger partial charge in [0.1, 0.15) is 0 Å². The van der Waals surface area contributed by atoms with Crippen LogP contribution in [0.15, 0.2) is 24.3 Å². The van der Waals surface area contributed by atoms with Gasteiger partial charge in [0, 0.05) is 26.6 Å². The fourth-order valence-corrected chi connectivity index (χ4v) is 1.79. The highest BCUT2D eigenvalue weighted by atomic mass is 16.2. The summed E-state index contributed by atoms with van der Waals surface area (Å²) in [7, 11) is 3.76. The van der Waals surface area contributed by atoms with Crippen molar-refractivity contribution in [3.8, 4) is 0 Å². The molecule has 0 aliphatic heterocycles. The molecular formula is C15H24N2O. The van der Waals surface area contributed by atoms with Gasteiger partial charge in [-0.3, -0.25) is 4.79 Å². The Kier molecular flexibility index (Phi) is 6.44. The molecule has 1 aromatic rings. The van der Waals surface area contributed by atoms with E-state index < -0.39 is 0 Å². The highest BCUT2D eigenvalue weighted by molar-refractivity contribution is 5.76. The maximum absolute atomic E-state index is 11.8. The number of carbonyl (C=O) groups excluding carboxylic acids is 1. The lowest BCUT2D eigenvalue weighted by Gasteiger charge is -2.16. The number of hydrogen-bond acceptors (Lipinski definition) is 2. The van der Waals surface area contributed by atoms with Gasteiger partial charge in [-0.15, -0.1) is 0 Å². The van der Waals surface area contributed by atoms with Crippen LogP contribution in [-0.2, 0) is 17.6 Å². The molecule has 0 radical (unpaired) electrons. The van der Waals surface area contributed by atoms with E-state index in [0.29, 0.717) is 6.42 Å². The molecule has 0 fully saturated rings. The second kappa shape index (κ2) is 7.88. The lowest BCUT2D eigenvalue weighted by Crippen LogP contribution is -2.32. The van der Waals surface area contributed by atoms with E-state index in [1.807, 2.05) is 14.1 Å². The predicted octanol–water partition coefficient (Wildman–Crippen LogP) is 1.86. The maximum Gasteiger partial charge on any atom is 0.222 e. The van der Waals surface area contributed by atoms with Crippen LogP contribution in [-0.4, -0.2) is 38.0 Å². The van der Waals surface area contributed by atoms with E-state index >= 15 is 0 Å². The Hall–Kier alpha value is -1.35. The molecule has 100 valence electrons. The van der Waals surface area contributed by atoms with Crippen LogP contribution in [0.2, 0.25) is 0 Å². The number of likely N-dealkylation sites (N-methyl/N-ethyl adjacent to an activating group) is 2. The fourth-order valence-electron chi connectivity index (χ4n) is 1.79. The van der Waals surface area contributed by atoms with Gasteiger partial charge < -0.3 is 10.2 Å². The van der Waals surface area contributed by atoms with Crippen molar-refractivity contribution in [3.05, 3.63) is 35.4 Å². The summed E-state index contributed by atoms with van der Waals surface area (Å²) in [4.78, 5) is 13.6. The number of nitrogens with one attached hydrogen (secondary N) is 1. The van der Waals surface area contributed by atoms with Crippen LogP contribution in [0, 0.1) is 0 Å². The highest BCUT2D eigenvalue weighted by Gasteiger charge is 2.07. The summed E-state index contributed by atoms with van der Waals surface area (Å²) in [6, 6.07) is 8.54. The summed E-state index contributed by atoms with van der Waals surface area (Å²) in [6.07, 6.45) is 2.48. The normalized spacial score (nSPS) is 10.4. The minimum atomic E-state index is 0.213. The van der Waals surface area contributed by atoms with Crippen molar-refractivity contribution < 1.29 is 4.79 Å². The van der Waals surface area contributed by atoms with Crippen molar-refractivity contribution in [3.63, 3.8) is 0 Å². The van der Waals surface area contributed by atoms with Gasteiger partial charge in [-0.2, -0.15) is 0 Å². The summed E-state index contributed by atoms with van der Waals surface area (Å²) in [5, 5.41) is 3.05. The fraction of sp³-hybridized carbons (Fsp3) is 0.533. The van der Waals surface area contributed by atoms with Crippen LogP contribution in [0.3, 0.4) is 0 Å². The number of rotatable bonds is 7. The maximum atomic E-state index is 11.8. The molecular weight excluding hydrogens is 224 g/mol. The molecule has 3 heteroatoms. The van der Waals surface area contributed by atoms with Gasteiger partial charge >= 0.3 is 0 Å². The lowest BCUT2D eigenvalue weighted by atomic mass is 10.1. The average molecular weight is 248 g/mol. The van der Waals surface area contributed by atoms with Gasteiger partial charge in [0.2, 0.25) is 5.91 Å². The van der Waals surface area contributed by atoms with Crippen molar-refractivity contribution in [2.45, 2.75) is 26.2 Å². The molecule has 0 unspecified atom stereocenters. The van der Waals surface area contributed by atoms with Crippen molar-refractivity contribution >= 4 is 5.91 Å². The summed E-state index contributed by atoms with van der Waals surface area (Å²) in [5.41, 5.74) is 2.58. The Morgan fingerprint density at radius 1 is 1.22 bits per heavy atom. The number of carbonyl (C=O) groups is 1. The number of hydrogen-bond donors (Lipinski definition) is 1. The molecule has 0 aliphatic rings. The van der Waals surface area contributed by atoms with Crippen LogP contribution >= 0.6 is 0 Å². The molecule has 0 spiro atoms. The molecule has 0 atom stereocenters. The van der Waals surface area contributed by atoms with Crippen molar-refractivity contribution in [1.82, 2.24) is 10.2 Å². The zero-order chi connectivity index (χ0) is 13.4. The molecule has 1 rings (SSSR count). The Balaban J connectivity index is 2.37. The van der Waals surface area contributed by atoms with Gasteiger partial charge in [-0.25, -0.2) is 0 Å². The smallest absolute Gasteiger partial charge is 0.222 e. The summed E-state index contributed by atoms with van der Waals surface area (Å²) >= 11 is 0. The Morgan fingerprint density at radius 3 is 2.39 bits per heavy atom. The van der Waals surface area contributed by atoms with Crippen LogP contribution in [0.4, 0.5) is 0 Å². The Morgan fingerprint density at radius 2 is 1.83 bits per heavy atom. The quantitative estimate of drug-likeness (QED) is 0.799. The molecule has 0 aromatic heterocycles. The summed E-state index contributed by atoms with van der Waals surface area (Å²) in [5.74, 6) is 0.213. The minimum Gasteiger partial charge on any atom is -0.344 e. The van der Waals surface area contributed by atoms with Gasteiger partial charge in [0.15, 0.2) is 0 Å². The number of nitrogens with zero attached hydrogens (tertiary/aromatic N) is 1. The van der Waals surface area contributed by atoms with Crippen molar-refractivity contribution in [2.75, 3.05) is 27.2 Å². The van der Waals surface area contributed by atoms with E-state index in [1.54, 1.807) is 4.90 Å². The molecule has 0 aliphatic carbocycles. The molecule has 1 amide bonds. The third kappa shape index (κ3) is 4.88. The largest absolute Gasteiger partial charge is 0.344 e. The van der Waals surface area contributed by atoms with Gasteiger partial charge in [-0.1, -0.05) is 31.2 Å². The van der Waals surface area contributed by atoms with Crippen molar-refractivity contribution in [2.24, 2.45) is 0 Å². The van der Waals surface area contributed by atoms with Crippen molar-refractivity contribution in [1.29, 1.82) is 0 Å². The molecule has 3 nitrogen and oxygen atoms in total. The zero-order valence-electron chi connectivity index (χ0n) is 11.7. The van der Waals surface area contributed by atoms with E-state index in [2.05, 4.69) is 36.5 Å². The number of aryl methyl sites for hydroxylation is 2. The molecule has 0 bridgehead atoms. The first kappa shape index (κ1) is 14.7. The average Bonchev–Trinajstić information content (AvgIpc) is 2.42.